The maximum Gasteiger partial charge on any atom is 0.311 e. The highest BCUT2D eigenvalue weighted by Gasteiger charge is 2.09. The molecule has 0 aliphatic heterocycles. The number of carbonyl (C=O) groups is 1. The molecule has 1 heterocycles. The van der Waals surface area contributed by atoms with Crippen molar-refractivity contribution in [1.82, 2.24) is 4.98 Å². The van der Waals surface area contributed by atoms with E-state index < -0.39 is 5.82 Å². The van der Waals surface area contributed by atoms with Crippen LogP contribution in [0.4, 0.5) is 9.52 Å². The summed E-state index contributed by atoms with van der Waals surface area (Å²) >= 11 is 1.33. The number of rotatable bonds is 8. The van der Waals surface area contributed by atoms with Crippen LogP contribution in [0.5, 0.6) is 11.5 Å². The summed E-state index contributed by atoms with van der Waals surface area (Å²) in [7, 11) is 0. The third-order valence-electron chi connectivity index (χ3n) is 3.52. The Morgan fingerprint density at radius 3 is 2.75 bits per heavy atom. The molecular weight excluding hydrogens is 381 g/mol. The first-order chi connectivity index (χ1) is 13.7. The van der Waals surface area contributed by atoms with Crippen molar-refractivity contribution in [3.05, 3.63) is 71.0 Å². The molecule has 0 bridgehead atoms. The van der Waals surface area contributed by atoms with Gasteiger partial charge in [0, 0.05) is 10.9 Å². The summed E-state index contributed by atoms with van der Waals surface area (Å²) < 4.78 is 24.4. The van der Waals surface area contributed by atoms with Crippen LogP contribution in [0.15, 0.2) is 59.0 Å². The Balaban J connectivity index is 1.64. The number of anilines is 1. The van der Waals surface area contributed by atoms with Gasteiger partial charge in [0.15, 0.2) is 11.6 Å². The molecule has 2 aromatic carbocycles. The molecule has 6 nitrogen and oxygen atoms in total. The molecular formula is C20H18FN3O3S. The second-order valence-electron chi connectivity index (χ2n) is 5.57. The molecule has 28 heavy (non-hydrogen) atoms. The standard InChI is InChI=1S/C20H18FN3O3S/c1-2-26-19(25)11-15-13-28-20(23-15)24-22-12-14-7-3-5-9-17(14)27-18-10-6-4-8-16(18)21/h3-10,12-13H,2,11H2,1H3,(H,23,24). The van der Waals surface area contributed by atoms with Gasteiger partial charge in [0.05, 0.1) is 24.9 Å². The Kier molecular flexibility index (Phi) is 6.69. The first-order valence-electron chi connectivity index (χ1n) is 8.56. The van der Waals surface area contributed by atoms with Gasteiger partial charge in [0.2, 0.25) is 5.13 Å². The lowest BCUT2D eigenvalue weighted by Gasteiger charge is -2.08. The van der Waals surface area contributed by atoms with Crippen molar-refractivity contribution in [1.29, 1.82) is 0 Å². The Bertz CT molecular complexity index is 975. The van der Waals surface area contributed by atoms with Crippen molar-refractivity contribution in [3.63, 3.8) is 0 Å². The molecule has 144 valence electrons. The molecule has 0 atom stereocenters. The molecule has 0 saturated carbocycles. The summed E-state index contributed by atoms with van der Waals surface area (Å²) in [6.45, 7) is 2.10. The topological polar surface area (TPSA) is 72.8 Å². The van der Waals surface area contributed by atoms with Gasteiger partial charge in [-0.2, -0.15) is 5.10 Å². The molecule has 0 radical (unpaired) electrons. The number of para-hydroxylation sites is 2. The number of carbonyl (C=O) groups excluding carboxylic acids is 1. The van der Waals surface area contributed by atoms with E-state index in [9.17, 15) is 9.18 Å². The number of nitrogens with zero attached hydrogens (tertiary/aromatic N) is 2. The van der Waals surface area contributed by atoms with Crippen LogP contribution >= 0.6 is 11.3 Å². The molecule has 0 fully saturated rings. The van der Waals surface area contributed by atoms with Crippen LogP contribution in [0.25, 0.3) is 0 Å². The number of nitrogens with one attached hydrogen (secondary N) is 1. The zero-order chi connectivity index (χ0) is 19.8. The fourth-order valence-electron chi connectivity index (χ4n) is 2.28. The Labute approximate surface area is 165 Å². The van der Waals surface area contributed by atoms with Gasteiger partial charge in [0.25, 0.3) is 0 Å². The average Bonchev–Trinajstić information content (AvgIpc) is 3.12. The van der Waals surface area contributed by atoms with E-state index in [1.165, 1.54) is 17.4 Å². The number of hydrazone groups is 1. The molecule has 0 unspecified atom stereocenters. The molecule has 3 rings (SSSR count). The van der Waals surface area contributed by atoms with Gasteiger partial charge in [0.1, 0.15) is 5.75 Å². The summed E-state index contributed by atoms with van der Waals surface area (Å²) in [6.07, 6.45) is 1.68. The summed E-state index contributed by atoms with van der Waals surface area (Å²) in [4.78, 5) is 15.8. The molecule has 8 heteroatoms. The third-order valence-corrected chi connectivity index (χ3v) is 4.32. The van der Waals surface area contributed by atoms with Gasteiger partial charge in [-0.15, -0.1) is 11.3 Å². The average molecular weight is 399 g/mol. The smallest absolute Gasteiger partial charge is 0.311 e. The molecule has 1 aromatic heterocycles. The summed E-state index contributed by atoms with van der Waals surface area (Å²) in [5.41, 5.74) is 4.10. The maximum absolute atomic E-state index is 13.8. The highest BCUT2D eigenvalue weighted by molar-refractivity contribution is 7.13. The first kappa shape index (κ1) is 19.5. The van der Waals surface area contributed by atoms with Crippen molar-refractivity contribution in [3.8, 4) is 11.5 Å². The molecule has 0 saturated heterocycles. The normalized spacial score (nSPS) is 10.8. The van der Waals surface area contributed by atoms with E-state index >= 15 is 0 Å². The van der Waals surface area contributed by atoms with Crippen molar-refractivity contribution < 1.29 is 18.7 Å². The largest absolute Gasteiger partial charge is 0.466 e. The summed E-state index contributed by atoms with van der Waals surface area (Å²) in [5, 5.41) is 6.46. The number of ether oxygens (including phenoxy) is 2. The Morgan fingerprint density at radius 1 is 1.21 bits per heavy atom. The highest BCUT2D eigenvalue weighted by atomic mass is 32.1. The molecule has 1 N–H and O–H groups in total. The quantitative estimate of drug-likeness (QED) is 0.340. The van der Waals surface area contributed by atoms with Crippen LogP contribution in [0.1, 0.15) is 18.2 Å². The minimum atomic E-state index is -0.440. The lowest BCUT2D eigenvalue weighted by molar-refractivity contribution is -0.142. The van der Waals surface area contributed by atoms with E-state index in [0.29, 0.717) is 28.7 Å². The van der Waals surface area contributed by atoms with Crippen molar-refractivity contribution in [2.24, 2.45) is 5.10 Å². The Morgan fingerprint density at radius 2 is 1.96 bits per heavy atom. The van der Waals surface area contributed by atoms with E-state index in [2.05, 4.69) is 15.5 Å². The van der Waals surface area contributed by atoms with Crippen LogP contribution in [-0.4, -0.2) is 23.8 Å². The minimum absolute atomic E-state index is 0.120. The van der Waals surface area contributed by atoms with Crippen LogP contribution < -0.4 is 10.2 Å². The summed E-state index contributed by atoms with van der Waals surface area (Å²) in [6, 6.07) is 13.4. The van der Waals surface area contributed by atoms with E-state index in [-0.39, 0.29) is 18.1 Å². The Hall–Kier alpha value is -3.26. The lowest BCUT2D eigenvalue weighted by Crippen LogP contribution is -2.07. The number of aromatic nitrogens is 1. The fourth-order valence-corrected chi connectivity index (χ4v) is 2.94. The molecule has 0 aliphatic rings. The molecule has 0 amide bonds. The van der Waals surface area contributed by atoms with Crippen LogP contribution in [0.2, 0.25) is 0 Å². The van der Waals surface area contributed by atoms with Gasteiger partial charge in [-0.3, -0.25) is 10.2 Å². The zero-order valence-corrected chi connectivity index (χ0v) is 15.9. The lowest BCUT2D eigenvalue weighted by atomic mass is 10.2. The monoisotopic (exact) mass is 399 g/mol. The number of thiazole rings is 1. The molecule has 0 spiro atoms. The second kappa shape index (κ2) is 9.61. The van der Waals surface area contributed by atoms with Gasteiger partial charge in [-0.1, -0.05) is 24.3 Å². The number of hydrogen-bond acceptors (Lipinski definition) is 7. The fraction of sp³-hybridized carbons (Fsp3) is 0.150. The van der Waals surface area contributed by atoms with E-state index in [0.717, 1.165) is 0 Å². The van der Waals surface area contributed by atoms with Crippen molar-refractivity contribution in [2.45, 2.75) is 13.3 Å². The van der Waals surface area contributed by atoms with Crippen molar-refractivity contribution in [2.75, 3.05) is 12.0 Å². The third kappa shape index (κ3) is 5.37. The van der Waals surface area contributed by atoms with Crippen molar-refractivity contribution >= 4 is 28.7 Å². The van der Waals surface area contributed by atoms with Gasteiger partial charge < -0.3 is 9.47 Å². The van der Waals surface area contributed by atoms with Crippen LogP contribution in [0, 0.1) is 5.82 Å². The minimum Gasteiger partial charge on any atom is -0.466 e. The molecule has 3 aromatic rings. The number of hydrogen-bond donors (Lipinski definition) is 1. The first-order valence-corrected chi connectivity index (χ1v) is 9.44. The molecule has 0 aliphatic carbocycles. The summed E-state index contributed by atoms with van der Waals surface area (Å²) in [5.74, 6) is -0.147. The second-order valence-corrected chi connectivity index (χ2v) is 6.42. The van der Waals surface area contributed by atoms with E-state index in [4.69, 9.17) is 9.47 Å². The van der Waals surface area contributed by atoms with Crippen LogP contribution in [-0.2, 0) is 16.0 Å². The number of benzene rings is 2. The predicted octanol–water partition coefficient (Wildman–Crippen LogP) is 4.63. The van der Waals surface area contributed by atoms with Gasteiger partial charge in [-0.05, 0) is 31.2 Å². The maximum atomic E-state index is 13.8. The number of halogens is 1. The zero-order valence-electron chi connectivity index (χ0n) is 15.1. The number of esters is 1. The van der Waals surface area contributed by atoms with Gasteiger partial charge >= 0.3 is 5.97 Å². The predicted molar refractivity (Wildman–Crippen MR) is 107 cm³/mol. The SMILES string of the molecule is CCOC(=O)Cc1csc(NN=Cc2ccccc2Oc2ccccc2F)n1. The van der Waals surface area contributed by atoms with E-state index in [1.54, 1.807) is 54.9 Å². The van der Waals surface area contributed by atoms with Gasteiger partial charge in [-0.25, -0.2) is 9.37 Å². The van der Waals surface area contributed by atoms with Crippen LogP contribution in [0.3, 0.4) is 0 Å². The highest BCUT2D eigenvalue weighted by Crippen LogP contribution is 2.26. The van der Waals surface area contributed by atoms with E-state index in [1.807, 2.05) is 6.07 Å².